The van der Waals surface area contributed by atoms with E-state index in [9.17, 15) is 9.59 Å². The first-order valence-corrected chi connectivity index (χ1v) is 7.17. The Morgan fingerprint density at radius 2 is 2.05 bits per heavy atom. The van der Waals surface area contributed by atoms with Crippen LogP contribution >= 0.6 is 15.9 Å². The molecular weight excluding hydrogens is 356 g/mol. The third-order valence-electron chi connectivity index (χ3n) is 2.50. The number of rotatable bonds is 2. The molecule has 0 aliphatic heterocycles. The van der Waals surface area contributed by atoms with Crippen LogP contribution in [0.5, 0.6) is 0 Å². The Kier molecular flexibility index (Phi) is 4.41. The van der Waals surface area contributed by atoms with Gasteiger partial charge in [0.2, 0.25) is 5.88 Å². The van der Waals surface area contributed by atoms with E-state index in [4.69, 9.17) is 13.9 Å². The van der Waals surface area contributed by atoms with Crippen molar-refractivity contribution in [1.82, 2.24) is 4.98 Å². The second-order valence-corrected chi connectivity index (χ2v) is 6.34. The number of esters is 1. The summed E-state index contributed by atoms with van der Waals surface area (Å²) in [5, 5.41) is 2.41. The number of furan rings is 1. The number of nitrogens with zero attached hydrogens (tertiary/aromatic N) is 1. The van der Waals surface area contributed by atoms with Gasteiger partial charge in [-0.3, -0.25) is 10.3 Å². The first-order valence-electron chi connectivity index (χ1n) is 6.37. The Morgan fingerprint density at radius 1 is 1.36 bits per heavy atom. The lowest BCUT2D eigenvalue weighted by Crippen LogP contribution is -2.27. The van der Waals surface area contributed by atoms with E-state index < -0.39 is 17.7 Å². The van der Waals surface area contributed by atoms with Crippen LogP contribution in [0, 0.1) is 0 Å². The van der Waals surface area contributed by atoms with E-state index in [1.54, 1.807) is 26.8 Å². The second-order valence-electron chi connectivity index (χ2n) is 5.42. The van der Waals surface area contributed by atoms with E-state index >= 15 is 0 Å². The van der Waals surface area contributed by atoms with Crippen molar-refractivity contribution in [1.29, 1.82) is 0 Å². The van der Waals surface area contributed by atoms with E-state index in [2.05, 4.69) is 26.2 Å². The number of aromatic nitrogens is 1. The summed E-state index contributed by atoms with van der Waals surface area (Å²) in [6.45, 7) is 5.18. The van der Waals surface area contributed by atoms with E-state index in [0.717, 1.165) is 0 Å². The minimum atomic E-state index is -0.740. The Balaban J connectivity index is 2.44. The van der Waals surface area contributed by atoms with Gasteiger partial charge in [-0.05, 0) is 42.8 Å². The molecule has 8 heteroatoms. The molecule has 1 amide bonds. The Bertz CT molecular complexity index is 733. The van der Waals surface area contributed by atoms with Crippen LogP contribution in [0.15, 0.2) is 21.2 Å². The van der Waals surface area contributed by atoms with Crippen LogP contribution < -0.4 is 5.32 Å². The summed E-state index contributed by atoms with van der Waals surface area (Å²) in [4.78, 5) is 27.9. The smallest absolute Gasteiger partial charge is 0.414 e. The van der Waals surface area contributed by atoms with Crippen molar-refractivity contribution < 1.29 is 23.5 Å². The highest BCUT2D eigenvalue weighted by molar-refractivity contribution is 9.10. The van der Waals surface area contributed by atoms with Crippen LogP contribution in [0.4, 0.5) is 10.7 Å². The number of ether oxygens (including phenoxy) is 2. The van der Waals surface area contributed by atoms with Gasteiger partial charge in [-0.1, -0.05) is 0 Å². The highest BCUT2D eigenvalue weighted by atomic mass is 79.9. The number of carbonyl (C=O) groups excluding carboxylic acids is 2. The average Bonchev–Trinajstić information content (AvgIpc) is 2.72. The van der Waals surface area contributed by atoms with Crippen molar-refractivity contribution >= 4 is 45.0 Å². The lowest BCUT2D eigenvalue weighted by atomic mass is 10.2. The molecule has 0 aliphatic rings. The van der Waals surface area contributed by atoms with Crippen molar-refractivity contribution in [3.05, 3.63) is 22.3 Å². The van der Waals surface area contributed by atoms with Gasteiger partial charge in [0.1, 0.15) is 16.7 Å². The molecule has 0 saturated carbocycles. The second kappa shape index (κ2) is 5.96. The lowest BCUT2D eigenvalue weighted by molar-refractivity contribution is 0.0603. The van der Waals surface area contributed by atoms with E-state index in [0.29, 0.717) is 15.6 Å². The molecule has 2 aromatic heterocycles. The van der Waals surface area contributed by atoms with Gasteiger partial charge in [0.25, 0.3) is 0 Å². The largest absolute Gasteiger partial charge is 0.465 e. The van der Waals surface area contributed by atoms with Crippen LogP contribution in [-0.4, -0.2) is 29.8 Å². The molecule has 7 nitrogen and oxygen atoms in total. The third-order valence-corrected chi connectivity index (χ3v) is 2.93. The van der Waals surface area contributed by atoms with Gasteiger partial charge in [-0.2, -0.15) is 0 Å². The molecular formula is C14H15BrN2O5. The zero-order valence-corrected chi connectivity index (χ0v) is 14.1. The van der Waals surface area contributed by atoms with Gasteiger partial charge in [0.15, 0.2) is 5.58 Å². The first kappa shape index (κ1) is 16.3. The predicted octanol–water partition coefficient (Wildman–Crippen LogP) is 3.72. The summed E-state index contributed by atoms with van der Waals surface area (Å²) in [5.74, 6) is -0.735. The highest BCUT2D eigenvalue weighted by Gasteiger charge is 2.26. The number of nitrogens with one attached hydrogen (secondary N) is 1. The minimum Gasteiger partial charge on any atom is -0.465 e. The molecule has 0 fully saturated rings. The lowest BCUT2D eigenvalue weighted by Gasteiger charge is -2.19. The summed E-state index contributed by atoms with van der Waals surface area (Å²) in [6.07, 6.45) is 0.775. The number of anilines is 1. The van der Waals surface area contributed by atoms with Crippen molar-refractivity contribution in [2.45, 2.75) is 26.4 Å². The molecule has 0 atom stereocenters. The van der Waals surface area contributed by atoms with Gasteiger partial charge < -0.3 is 13.9 Å². The van der Waals surface area contributed by atoms with Gasteiger partial charge >= 0.3 is 12.1 Å². The molecule has 2 rings (SSSR count). The fourth-order valence-electron chi connectivity index (χ4n) is 1.73. The number of amides is 1. The standard InChI is InChI=1S/C14H15BrN2O5/c1-14(2,3)22-13(19)17-11-9(12(18)20-4)10-8(21-11)5-7(15)6-16-10/h5-6H,1-4H3,(H,17,19). The zero-order chi connectivity index (χ0) is 16.5. The van der Waals surface area contributed by atoms with Crippen LogP contribution in [0.1, 0.15) is 31.1 Å². The molecule has 1 N–H and O–H groups in total. The molecule has 0 bridgehead atoms. The maximum absolute atomic E-state index is 11.9. The minimum absolute atomic E-state index is 0.0378. The molecule has 0 unspecified atom stereocenters. The Labute approximate surface area is 135 Å². The quantitative estimate of drug-likeness (QED) is 0.809. The van der Waals surface area contributed by atoms with Gasteiger partial charge in [0.05, 0.1) is 7.11 Å². The molecule has 118 valence electrons. The summed E-state index contributed by atoms with van der Waals surface area (Å²) in [7, 11) is 1.23. The van der Waals surface area contributed by atoms with E-state index in [1.165, 1.54) is 13.3 Å². The maximum Gasteiger partial charge on any atom is 0.414 e. The average molecular weight is 371 g/mol. The van der Waals surface area contributed by atoms with Crippen molar-refractivity contribution in [3.63, 3.8) is 0 Å². The van der Waals surface area contributed by atoms with Crippen LogP contribution in [0.3, 0.4) is 0 Å². The Hall–Kier alpha value is -2.09. The molecule has 2 heterocycles. The molecule has 0 spiro atoms. The fraction of sp³-hybridized carbons (Fsp3) is 0.357. The molecule has 0 radical (unpaired) electrons. The number of carbonyl (C=O) groups is 2. The predicted molar refractivity (Wildman–Crippen MR) is 82.9 cm³/mol. The number of hydrogen-bond acceptors (Lipinski definition) is 6. The van der Waals surface area contributed by atoms with Crippen LogP contribution in [0.25, 0.3) is 11.1 Å². The summed E-state index contributed by atoms with van der Waals surface area (Å²) >= 11 is 3.26. The number of hydrogen-bond donors (Lipinski definition) is 1. The maximum atomic E-state index is 11.9. The Morgan fingerprint density at radius 3 is 2.64 bits per heavy atom. The summed E-state index contributed by atoms with van der Waals surface area (Å²) in [5.41, 5.74) is -0.0131. The highest BCUT2D eigenvalue weighted by Crippen LogP contribution is 2.31. The monoisotopic (exact) mass is 370 g/mol. The normalized spacial score (nSPS) is 11.3. The summed E-state index contributed by atoms with van der Waals surface area (Å²) in [6, 6.07) is 1.63. The molecule has 0 aromatic carbocycles. The number of halogens is 1. The van der Waals surface area contributed by atoms with Gasteiger partial charge in [-0.25, -0.2) is 9.59 Å². The number of pyridine rings is 1. The SMILES string of the molecule is COC(=O)c1c(NC(=O)OC(C)(C)C)oc2cc(Br)cnc12. The van der Waals surface area contributed by atoms with Crippen LogP contribution in [0.2, 0.25) is 0 Å². The van der Waals surface area contributed by atoms with Crippen LogP contribution in [-0.2, 0) is 9.47 Å². The first-order chi connectivity index (χ1) is 10.2. The van der Waals surface area contributed by atoms with E-state index in [-0.39, 0.29) is 11.4 Å². The third kappa shape index (κ3) is 3.56. The molecule has 0 aliphatic carbocycles. The summed E-state index contributed by atoms with van der Waals surface area (Å²) < 4.78 is 16.0. The molecule has 2 aromatic rings. The van der Waals surface area contributed by atoms with Crippen molar-refractivity contribution in [3.8, 4) is 0 Å². The molecule has 0 saturated heterocycles. The molecule has 22 heavy (non-hydrogen) atoms. The van der Waals surface area contributed by atoms with Crippen molar-refractivity contribution in [2.75, 3.05) is 12.4 Å². The van der Waals surface area contributed by atoms with Gasteiger partial charge in [0, 0.05) is 10.7 Å². The zero-order valence-electron chi connectivity index (χ0n) is 12.5. The van der Waals surface area contributed by atoms with E-state index in [1.807, 2.05) is 0 Å². The number of fused-ring (bicyclic) bond motifs is 1. The topological polar surface area (TPSA) is 90.7 Å². The fourth-order valence-corrected chi connectivity index (χ4v) is 2.04. The van der Waals surface area contributed by atoms with Crippen molar-refractivity contribution in [2.24, 2.45) is 0 Å². The van der Waals surface area contributed by atoms with Gasteiger partial charge in [-0.15, -0.1) is 0 Å². The number of methoxy groups -OCH3 is 1.